The number of aryl methyl sites for hydroxylation is 3. The Kier molecular flexibility index (Phi) is 5.96. The van der Waals surface area contributed by atoms with E-state index in [-0.39, 0.29) is 18.3 Å². The number of aromatic nitrogens is 3. The van der Waals surface area contributed by atoms with Gasteiger partial charge in [0.15, 0.2) is 5.82 Å². The second kappa shape index (κ2) is 7.77. The zero-order valence-electron chi connectivity index (χ0n) is 14.3. The monoisotopic (exact) mass is 349 g/mol. The molecule has 1 amide bonds. The number of amides is 1. The van der Waals surface area contributed by atoms with E-state index in [0.29, 0.717) is 17.4 Å². The SMILES string of the molecule is Cc1cc(C)cc(C(=O)Nc2nc(C3CCNCC3)nn2C)c1.Cl. The summed E-state index contributed by atoms with van der Waals surface area (Å²) < 4.78 is 1.65. The van der Waals surface area contributed by atoms with Gasteiger partial charge in [0.05, 0.1) is 0 Å². The normalized spacial score (nSPS) is 15.0. The van der Waals surface area contributed by atoms with Gasteiger partial charge in [0, 0.05) is 18.5 Å². The zero-order valence-corrected chi connectivity index (χ0v) is 15.1. The molecule has 0 atom stereocenters. The molecule has 2 N–H and O–H groups in total. The van der Waals surface area contributed by atoms with Crippen LogP contribution in [0, 0.1) is 13.8 Å². The molecule has 0 aliphatic carbocycles. The van der Waals surface area contributed by atoms with Crippen molar-refractivity contribution < 1.29 is 4.79 Å². The van der Waals surface area contributed by atoms with E-state index in [9.17, 15) is 4.79 Å². The van der Waals surface area contributed by atoms with Crippen LogP contribution >= 0.6 is 12.4 Å². The van der Waals surface area contributed by atoms with E-state index in [1.165, 1.54) is 0 Å². The molecule has 7 heteroatoms. The Morgan fingerprint density at radius 3 is 2.46 bits per heavy atom. The van der Waals surface area contributed by atoms with E-state index in [0.717, 1.165) is 42.9 Å². The Labute approximate surface area is 148 Å². The molecule has 130 valence electrons. The molecule has 24 heavy (non-hydrogen) atoms. The first kappa shape index (κ1) is 18.4. The number of halogens is 1. The number of hydrogen-bond donors (Lipinski definition) is 2. The molecule has 0 bridgehead atoms. The highest BCUT2D eigenvalue weighted by Gasteiger charge is 2.21. The molecule has 3 rings (SSSR count). The minimum absolute atomic E-state index is 0. The van der Waals surface area contributed by atoms with Crippen molar-refractivity contribution in [1.29, 1.82) is 0 Å². The van der Waals surface area contributed by atoms with Crippen molar-refractivity contribution in [3.63, 3.8) is 0 Å². The van der Waals surface area contributed by atoms with Crippen LogP contribution in [-0.4, -0.2) is 33.8 Å². The Hall–Kier alpha value is -1.92. The lowest BCUT2D eigenvalue weighted by molar-refractivity contribution is 0.102. The highest BCUT2D eigenvalue weighted by atomic mass is 35.5. The first-order valence-corrected chi connectivity index (χ1v) is 8.04. The molecule has 2 aromatic rings. The second-order valence-electron chi connectivity index (χ2n) is 6.27. The average molecular weight is 350 g/mol. The van der Waals surface area contributed by atoms with E-state index in [1.54, 1.807) is 4.68 Å². The van der Waals surface area contributed by atoms with Crippen molar-refractivity contribution in [3.8, 4) is 0 Å². The maximum atomic E-state index is 12.5. The van der Waals surface area contributed by atoms with Gasteiger partial charge in [-0.2, -0.15) is 10.1 Å². The van der Waals surface area contributed by atoms with E-state index in [2.05, 4.69) is 20.7 Å². The van der Waals surface area contributed by atoms with Gasteiger partial charge in [0.1, 0.15) is 0 Å². The van der Waals surface area contributed by atoms with Gasteiger partial charge in [-0.3, -0.25) is 10.1 Å². The average Bonchev–Trinajstić information content (AvgIpc) is 2.88. The molecule has 1 saturated heterocycles. The quantitative estimate of drug-likeness (QED) is 0.893. The highest BCUT2D eigenvalue weighted by molar-refractivity contribution is 6.03. The Balaban J connectivity index is 0.00000208. The lowest BCUT2D eigenvalue weighted by atomic mass is 9.98. The standard InChI is InChI=1S/C17H23N5O.ClH/c1-11-8-12(2)10-14(9-11)16(23)20-17-19-15(21-22(17)3)13-4-6-18-7-5-13;/h8-10,13,18H,4-7H2,1-3H3,(H,19,20,21,23);1H. The molecule has 1 aromatic carbocycles. The zero-order chi connectivity index (χ0) is 16.4. The molecule has 0 unspecified atom stereocenters. The fourth-order valence-electron chi connectivity index (χ4n) is 3.05. The van der Waals surface area contributed by atoms with Crippen LogP contribution in [0.3, 0.4) is 0 Å². The molecule has 1 aliphatic heterocycles. The third kappa shape index (κ3) is 4.13. The van der Waals surface area contributed by atoms with Gasteiger partial charge in [-0.15, -0.1) is 12.4 Å². The third-order valence-corrected chi connectivity index (χ3v) is 4.19. The number of anilines is 1. The van der Waals surface area contributed by atoms with Crippen molar-refractivity contribution in [3.05, 3.63) is 40.7 Å². The minimum atomic E-state index is -0.149. The van der Waals surface area contributed by atoms with Crippen molar-refractivity contribution >= 4 is 24.3 Å². The minimum Gasteiger partial charge on any atom is -0.317 e. The topological polar surface area (TPSA) is 71.8 Å². The van der Waals surface area contributed by atoms with Crippen LogP contribution in [-0.2, 0) is 7.05 Å². The predicted molar refractivity (Wildman–Crippen MR) is 97.0 cm³/mol. The fourth-order valence-corrected chi connectivity index (χ4v) is 3.05. The van der Waals surface area contributed by atoms with E-state index < -0.39 is 0 Å². The van der Waals surface area contributed by atoms with Crippen molar-refractivity contribution in [2.45, 2.75) is 32.6 Å². The number of nitrogens with one attached hydrogen (secondary N) is 2. The highest BCUT2D eigenvalue weighted by Crippen LogP contribution is 2.23. The molecule has 1 aromatic heterocycles. The number of piperidine rings is 1. The van der Waals surface area contributed by atoms with Crippen LogP contribution in [0.25, 0.3) is 0 Å². The van der Waals surface area contributed by atoms with Crippen LogP contribution in [0.1, 0.15) is 46.1 Å². The van der Waals surface area contributed by atoms with Crippen molar-refractivity contribution in [1.82, 2.24) is 20.1 Å². The van der Waals surface area contributed by atoms with E-state index in [1.807, 2.05) is 39.1 Å². The Morgan fingerprint density at radius 1 is 1.21 bits per heavy atom. The summed E-state index contributed by atoms with van der Waals surface area (Å²) in [6, 6.07) is 5.81. The predicted octanol–water partition coefficient (Wildman–Crippen LogP) is 2.57. The van der Waals surface area contributed by atoms with Gasteiger partial charge < -0.3 is 5.32 Å². The summed E-state index contributed by atoms with van der Waals surface area (Å²) >= 11 is 0. The summed E-state index contributed by atoms with van der Waals surface area (Å²) in [5.74, 6) is 1.55. The molecule has 2 heterocycles. The smallest absolute Gasteiger partial charge is 0.258 e. The van der Waals surface area contributed by atoms with Gasteiger partial charge in [0.2, 0.25) is 5.95 Å². The van der Waals surface area contributed by atoms with Gasteiger partial charge in [-0.1, -0.05) is 17.2 Å². The van der Waals surface area contributed by atoms with E-state index in [4.69, 9.17) is 0 Å². The van der Waals surface area contributed by atoms with Gasteiger partial charge in [0.25, 0.3) is 5.91 Å². The molecular formula is C17H24ClN5O. The van der Waals surface area contributed by atoms with Crippen LogP contribution in [0.2, 0.25) is 0 Å². The number of carbonyl (C=O) groups excluding carboxylic acids is 1. The summed E-state index contributed by atoms with van der Waals surface area (Å²) in [6.07, 6.45) is 2.07. The Morgan fingerprint density at radius 2 is 1.83 bits per heavy atom. The first-order chi connectivity index (χ1) is 11.0. The lowest BCUT2D eigenvalue weighted by Gasteiger charge is -2.19. The summed E-state index contributed by atoms with van der Waals surface area (Å²) in [7, 11) is 1.81. The van der Waals surface area contributed by atoms with Gasteiger partial charge in [-0.05, 0) is 51.9 Å². The maximum Gasteiger partial charge on any atom is 0.258 e. The van der Waals surface area contributed by atoms with Crippen LogP contribution < -0.4 is 10.6 Å². The fraction of sp³-hybridized carbons (Fsp3) is 0.471. The molecule has 6 nitrogen and oxygen atoms in total. The summed E-state index contributed by atoms with van der Waals surface area (Å²) in [5, 5.41) is 10.7. The molecule has 0 spiro atoms. The largest absolute Gasteiger partial charge is 0.317 e. The number of carbonyl (C=O) groups is 1. The van der Waals surface area contributed by atoms with Crippen LogP contribution in [0.5, 0.6) is 0 Å². The van der Waals surface area contributed by atoms with Crippen LogP contribution in [0.15, 0.2) is 18.2 Å². The maximum absolute atomic E-state index is 12.5. The molecule has 0 radical (unpaired) electrons. The van der Waals surface area contributed by atoms with Crippen molar-refractivity contribution in [2.24, 2.45) is 7.05 Å². The second-order valence-corrected chi connectivity index (χ2v) is 6.27. The number of benzene rings is 1. The summed E-state index contributed by atoms with van der Waals surface area (Å²) in [5.41, 5.74) is 2.79. The lowest BCUT2D eigenvalue weighted by Crippen LogP contribution is -2.27. The van der Waals surface area contributed by atoms with Gasteiger partial charge >= 0.3 is 0 Å². The van der Waals surface area contributed by atoms with Crippen molar-refractivity contribution in [2.75, 3.05) is 18.4 Å². The molecule has 0 saturated carbocycles. The van der Waals surface area contributed by atoms with E-state index >= 15 is 0 Å². The molecular weight excluding hydrogens is 326 g/mol. The number of rotatable bonds is 3. The van der Waals surface area contributed by atoms with Crippen LogP contribution in [0.4, 0.5) is 5.95 Å². The number of nitrogens with zero attached hydrogens (tertiary/aromatic N) is 3. The molecule has 1 fully saturated rings. The third-order valence-electron chi connectivity index (χ3n) is 4.19. The van der Waals surface area contributed by atoms with Gasteiger partial charge in [-0.25, -0.2) is 4.68 Å². The first-order valence-electron chi connectivity index (χ1n) is 8.04. The summed E-state index contributed by atoms with van der Waals surface area (Å²) in [6.45, 7) is 5.96. The summed E-state index contributed by atoms with van der Waals surface area (Å²) in [4.78, 5) is 17.0. The molecule has 1 aliphatic rings. The Bertz CT molecular complexity index is 702. The number of hydrogen-bond acceptors (Lipinski definition) is 4.